The molecule has 2 rings (SSSR count). The second-order valence-electron chi connectivity index (χ2n) is 3.68. The summed E-state index contributed by atoms with van der Waals surface area (Å²) in [5.41, 5.74) is 0.994. The number of halogens is 4. The van der Waals surface area contributed by atoms with E-state index in [0.717, 1.165) is 4.47 Å². The maximum absolute atomic E-state index is 12.2. The Morgan fingerprint density at radius 2 is 1.84 bits per heavy atom. The topological polar surface area (TPSA) is 29.1 Å². The van der Waals surface area contributed by atoms with Gasteiger partial charge in [-0.25, -0.2) is 0 Å². The van der Waals surface area contributed by atoms with Gasteiger partial charge in [-0.2, -0.15) is 0 Å². The lowest BCUT2D eigenvalue weighted by Crippen LogP contribution is -2.12. The average molecular weight is 424 g/mol. The molecule has 0 aliphatic carbocycles. The van der Waals surface area contributed by atoms with Crippen LogP contribution in [0.3, 0.4) is 0 Å². The standard InChI is InChI=1S/C13H7Br2Cl2NO/c14-7-4-5-8(9(15)6-7)13(19)18-11-3-1-2-10(16)12(11)17/h1-6H,(H,18,19). The Kier molecular flexibility index (Phi) is 4.90. The van der Waals surface area contributed by atoms with E-state index < -0.39 is 0 Å². The monoisotopic (exact) mass is 421 g/mol. The van der Waals surface area contributed by atoms with Crippen molar-refractivity contribution in [2.24, 2.45) is 0 Å². The lowest BCUT2D eigenvalue weighted by Gasteiger charge is -2.09. The Morgan fingerprint density at radius 3 is 2.53 bits per heavy atom. The third-order valence-electron chi connectivity index (χ3n) is 2.38. The summed E-state index contributed by atoms with van der Waals surface area (Å²) < 4.78 is 1.58. The maximum Gasteiger partial charge on any atom is 0.256 e. The molecule has 19 heavy (non-hydrogen) atoms. The van der Waals surface area contributed by atoms with Gasteiger partial charge in [0.1, 0.15) is 0 Å². The van der Waals surface area contributed by atoms with Gasteiger partial charge in [-0.3, -0.25) is 4.79 Å². The third kappa shape index (κ3) is 3.51. The first-order valence-electron chi connectivity index (χ1n) is 5.19. The van der Waals surface area contributed by atoms with Crippen LogP contribution in [0.25, 0.3) is 0 Å². The summed E-state index contributed by atoms with van der Waals surface area (Å²) in [7, 11) is 0. The van der Waals surface area contributed by atoms with Crippen molar-refractivity contribution in [1.29, 1.82) is 0 Å². The summed E-state index contributed by atoms with van der Waals surface area (Å²) in [4.78, 5) is 12.2. The molecule has 0 aromatic heterocycles. The minimum atomic E-state index is -0.261. The van der Waals surface area contributed by atoms with E-state index in [9.17, 15) is 4.79 Å². The fraction of sp³-hybridized carbons (Fsp3) is 0. The number of rotatable bonds is 2. The Bertz CT molecular complexity index is 647. The van der Waals surface area contributed by atoms with Crippen molar-refractivity contribution in [1.82, 2.24) is 0 Å². The minimum Gasteiger partial charge on any atom is -0.321 e. The number of anilines is 1. The molecule has 0 unspecified atom stereocenters. The molecule has 0 heterocycles. The van der Waals surface area contributed by atoms with Crippen LogP contribution in [0.5, 0.6) is 0 Å². The number of carbonyl (C=O) groups is 1. The van der Waals surface area contributed by atoms with Gasteiger partial charge in [-0.05, 0) is 46.3 Å². The molecule has 0 radical (unpaired) electrons. The van der Waals surface area contributed by atoms with Crippen LogP contribution in [0, 0.1) is 0 Å². The molecule has 6 heteroatoms. The van der Waals surface area contributed by atoms with E-state index in [4.69, 9.17) is 23.2 Å². The van der Waals surface area contributed by atoms with Gasteiger partial charge < -0.3 is 5.32 Å². The zero-order chi connectivity index (χ0) is 14.0. The quantitative estimate of drug-likeness (QED) is 0.652. The van der Waals surface area contributed by atoms with Crippen molar-refractivity contribution in [3.05, 3.63) is 61.0 Å². The van der Waals surface area contributed by atoms with Crippen LogP contribution in [0.4, 0.5) is 5.69 Å². The highest BCUT2D eigenvalue weighted by Crippen LogP contribution is 2.30. The normalized spacial score (nSPS) is 10.3. The van der Waals surface area contributed by atoms with Crippen molar-refractivity contribution >= 4 is 66.7 Å². The molecule has 0 bridgehead atoms. The number of carbonyl (C=O) groups excluding carboxylic acids is 1. The van der Waals surface area contributed by atoms with Crippen LogP contribution >= 0.6 is 55.1 Å². The van der Waals surface area contributed by atoms with Crippen LogP contribution in [-0.2, 0) is 0 Å². The Balaban J connectivity index is 2.28. The fourth-order valence-electron chi connectivity index (χ4n) is 1.46. The Morgan fingerprint density at radius 1 is 1.11 bits per heavy atom. The predicted octanol–water partition coefficient (Wildman–Crippen LogP) is 5.77. The van der Waals surface area contributed by atoms with Gasteiger partial charge >= 0.3 is 0 Å². The molecule has 1 amide bonds. The van der Waals surface area contributed by atoms with Gasteiger partial charge in [-0.15, -0.1) is 0 Å². The van der Waals surface area contributed by atoms with Crippen molar-refractivity contribution in [2.45, 2.75) is 0 Å². The SMILES string of the molecule is O=C(Nc1cccc(Cl)c1Cl)c1ccc(Br)cc1Br. The first kappa shape index (κ1) is 14.9. The van der Waals surface area contributed by atoms with Crippen molar-refractivity contribution in [3.8, 4) is 0 Å². The summed E-state index contributed by atoms with van der Waals surface area (Å²) in [6.07, 6.45) is 0. The summed E-state index contributed by atoms with van der Waals surface area (Å²) in [6, 6.07) is 10.4. The third-order valence-corrected chi connectivity index (χ3v) is 4.34. The van der Waals surface area contributed by atoms with Crippen LogP contribution in [-0.4, -0.2) is 5.91 Å². The summed E-state index contributed by atoms with van der Waals surface area (Å²) in [5.74, 6) is -0.261. The molecule has 2 aromatic carbocycles. The molecule has 0 aliphatic rings. The molecule has 1 N–H and O–H groups in total. The van der Waals surface area contributed by atoms with Gasteiger partial charge in [0.25, 0.3) is 5.91 Å². The Labute approximate surface area is 137 Å². The highest BCUT2D eigenvalue weighted by atomic mass is 79.9. The smallest absolute Gasteiger partial charge is 0.256 e. The van der Waals surface area contributed by atoms with Crippen LogP contribution in [0.2, 0.25) is 10.0 Å². The highest BCUT2D eigenvalue weighted by Gasteiger charge is 2.13. The molecule has 0 spiro atoms. The number of hydrogen-bond donors (Lipinski definition) is 1. The van der Waals surface area contributed by atoms with Crippen LogP contribution in [0.1, 0.15) is 10.4 Å². The van der Waals surface area contributed by atoms with E-state index in [2.05, 4.69) is 37.2 Å². The summed E-state index contributed by atoms with van der Waals surface area (Å²) in [5, 5.41) is 3.45. The van der Waals surface area contributed by atoms with E-state index in [-0.39, 0.29) is 5.91 Å². The molecule has 0 saturated heterocycles. The van der Waals surface area contributed by atoms with Crippen molar-refractivity contribution < 1.29 is 4.79 Å². The van der Waals surface area contributed by atoms with E-state index in [0.29, 0.717) is 25.8 Å². The molecule has 0 atom stereocenters. The molecule has 0 aliphatic heterocycles. The summed E-state index contributed by atoms with van der Waals surface area (Å²) >= 11 is 18.6. The molecule has 2 aromatic rings. The number of amides is 1. The van der Waals surface area contributed by atoms with Crippen LogP contribution < -0.4 is 5.32 Å². The minimum absolute atomic E-state index is 0.261. The average Bonchev–Trinajstić information content (AvgIpc) is 2.34. The first-order chi connectivity index (χ1) is 8.99. The summed E-state index contributed by atoms with van der Waals surface area (Å²) in [6.45, 7) is 0. The van der Waals surface area contributed by atoms with E-state index in [1.54, 1.807) is 36.4 Å². The van der Waals surface area contributed by atoms with E-state index >= 15 is 0 Å². The van der Waals surface area contributed by atoms with Crippen molar-refractivity contribution in [2.75, 3.05) is 5.32 Å². The maximum atomic E-state index is 12.2. The highest BCUT2D eigenvalue weighted by molar-refractivity contribution is 9.11. The van der Waals surface area contributed by atoms with Gasteiger partial charge in [-0.1, -0.05) is 45.2 Å². The van der Waals surface area contributed by atoms with E-state index in [1.807, 2.05) is 0 Å². The van der Waals surface area contributed by atoms with E-state index in [1.165, 1.54) is 0 Å². The molecular weight excluding hydrogens is 417 g/mol. The zero-order valence-corrected chi connectivity index (χ0v) is 14.1. The van der Waals surface area contributed by atoms with Crippen LogP contribution in [0.15, 0.2) is 45.3 Å². The second kappa shape index (κ2) is 6.27. The number of hydrogen-bond acceptors (Lipinski definition) is 1. The molecule has 0 saturated carbocycles. The van der Waals surface area contributed by atoms with Gasteiger partial charge in [0.2, 0.25) is 0 Å². The predicted molar refractivity (Wildman–Crippen MR) is 86.3 cm³/mol. The second-order valence-corrected chi connectivity index (χ2v) is 6.23. The van der Waals surface area contributed by atoms with Gasteiger partial charge in [0.15, 0.2) is 0 Å². The first-order valence-corrected chi connectivity index (χ1v) is 7.53. The lowest BCUT2D eigenvalue weighted by molar-refractivity contribution is 0.102. The molecule has 2 nitrogen and oxygen atoms in total. The van der Waals surface area contributed by atoms with Crippen molar-refractivity contribution in [3.63, 3.8) is 0 Å². The number of nitrogens with one attached hydrogen (secondary N) is 1. The molecule has 98 valence electrons. The molecule has 0 fully saturated rings. The zero-order valence-electron chi connectivity index (χ0n) is 9.38. The fourth-order valence-corrected chi connectivity index (χ4v) is 3.04. The largest absolute Gasteiger partial charge is 0.321 e. The van der Waals surface area contributed by atoms with Gasteiger partial charge in [0.05, 0.1) is 21.3 Å². The molecular formula is C13H7Br2Cl2NO. The van der Waals surface area contributed by atoms with Gasteiger partial charge in [0, 0.05) is 8.95 Å². The lowest BCUT2D eigenvalue weighted by atomic mass is 10.2. The Hall–Kier alpha value is -0.550. The number of benzene rings is 2.